The highest BCUT2D eigenvalue weighted by Gasteiger charge is 2.29. The van der Waals surface area contributed by atoms with E-state index in [1.165, 1.54) is 0 Å². The molecule has 1 aliphatic heterocycles. The maximum absolute atomic E-state index is 10.4. The maximum Gasteiger partial charge on any atom is 0.127 e. The summed E-state index contributed by atoms with van der Waals surface area (Å²) in [5, 5.41) is 20.0. The van der Waals surface area contributed by atoms with Crippen LogP contribution in [0.2, 0.25) is 5.02 Å². The Morgan fingerprint density at radius 1 is 1.25 bits per heavy atom. The van der Waals surface area contributed by atoms with Gasteiger partial charge in [-0.05, 0) is 48.4 Å². The zero-order valence-corrected chi connectivity index (χ0v) is 14.0. The SMILES string of the molecule is N#Cc1cccc(CN2CC[C@@H](Oc3ccc(Cl)cc3)[C@H](O)C2)c1. The molecule has 2 atom stereocenters. The highest BCUT2D eigenvalue weighted by atomic mass is 35.5. The number of halogens is 1. The van der Waals surface area contributed by atoms with Crippen LogP contribution in [0.4, 0.5) is 0 Å². The molecule has 1 saturated heterocycles. The third kappa shape index (κ3) is 4.27. The molecule has 2 aromatic carbocycles. The Morgan fingerprint density at radius 3 is 2.75 bits per heavy atom. The van der Waals surface area contributed by atoms with E-state index in [0.29, 0.717) is 17.1 Å². The summed E-state index contributed by atoms with van der Waals surface area (Å²) in [4.78, 5) is 2.18. The summed E-state index contributed by atoms with van der Waals surface area (Å²) in [5.41, 5.74) is 1.74. The Hall–Kier alpha value is -2.06. The van der Waals surface area contributed by atoms with E-state index in [1.54, 1.807) is 18.2 Å². The highest BCUT2D eigenvalue weighted by molar-refractivity contribution is 6.30. The van der Waals surface area contributed by atoms with Gasteiger partial charge in [0.2, 0.25) is 0 Å². The van der Waals surface area contributed by atoms with Gasteiger partial charge in [-0.25, -0.2) is 0 Å². The predicted octanol–water partition coefficient (Wildman–Crippen LogP) is 3.23. The molecule has 0 aliphatic carbocycles. The fraction of sp³-hybridized carbons (Fsp3) is 0.316. The molecule has 3 rings (SSSR count). The Morgan fingerprint density at radius 2 is 2.04 bits per heavy atom. The number of aliphatic hydroxyl groups is 1. The molecular formula is C19H19ClN2O2. The Bertz CT molecular complexity index is 727. The van der Waals surface area contributed by atoms with Gasteiger partial charge < -0.3 is 9.84 Å². The van der Waals surface area contributed by atoms with E-state index in [-0.39, 0.29) is 6.10 Å². The number of piperidine rings is 1. The van der Waals surface area contributed by atoms with Crippen LogP contribution >= 0.6 is 11.6 Å². The number of nitrogens with zero attached hydrogens (tertiary/aromatic N) is 2. The van der Waals surface area contributed by atoms with Gasteiger partial charge >= 0.3 is 0 Å². The van der Waals surface area contributed by atoms with Gasteiger partial charge in [0.1, 0.15) is 18.0 Å². The first-order chi connectivity index (χ1) is 11.6. The van der Waals surface area contributed by atoms with Gasteiger partial charge in [0.15, 0.2) is 0 Å². The summed E-state index contributed by atoms with van der Waals surface area (Å²) < 4.78 is 5.88. The second-order valence-electron chi connectivity index (χ2n) is 6.01. The Balaban J connectivity index is 1.56. The molecule has 5 heteroatoms. The first-order valence-electron chi connectivity index (χ1n) is 7.96. The minimum atomic E-state index is -0.548. The Labute approximate surface area is 146 Å². The largest absolute Gasteiger partial charge is 0.488 e. The summed E-state index contributed by atoms with van der Waals surface area (Å²) >= 11 is 5.87. The van der Waals surface area contributed by atoms with E-state index in [4.69, 9.17) is 21.6 Å². The van der Waals surface area contributed by atoms with Crippen molar-refractivity contribution in [3.63, 3.8) is 0 Å². The lowest BCUT2D eigenvalue weighted by Crippen LogP contribution is -2.48. The number of ether oxygens (including phenoxy) is 1. The number of hydrogen-bond donors (Lipinski definition) is 1. The molecule has 0 bridgehead atoms. The zero-order chi connectivity index (χ0) is 16.9. The second kappa shape index (κ2) is 7.67. The normalized spacial score (nSPS) is 21.2. The number of rotatable bonds is 4. The number of β-amino-alcohol motifs (C(OH)–C–C–N with tert-alkyl or cyclic N) is 1. The number of hydrogen-bond acceptors (Lipinski definition) is 4. The van der Waals surface area contributed by atoms with Gasteiger partial charge in [0.25, 0.3) is 0 Å². The molecule has 0 saturated carbocycles. The van der Waals surface area contributed by atoms with Crippen molar-refractivity contribution in [3.8, 4) is 11.8 Å². The molecule has 24 heavy (non-hydrogen) atoms. The van der Waals surface area contributed by atoms with Gasteiger partial charge in [-0.15, -0.1) is 0 Å². The minimum absolute atomic E-state index is 0.215. The lowest BCUT2D eigenvalue weighted by atomic mass is 10.0. The van der Waals surface area contributed by atoms with Gasteiger partial charge in [0, 0.05) is 24.7 Å². The Kier molecular flexibility index (Phi) is 5.37. The fourth-order valence-electron chi connectivity index (χ4n) is 2.94. The molecule has 1 aliphatic rings. The third-order valence-electron chi connectivity index (χ3n) is 4.17. The van der Waals surface area contributed by atoms with Gasteiger partial charge in [-0.1, -0.05) is 23.7 Å². The van der Waals surface area contributed by atoms with E-state index < -0.39 is 6.10 Å². The van der Waals surface area contributed by atoms with Crippen molar-refractivity contribution < 1.29 is 9.84 Å². The van der Waals surface area contributed by atoms with Crippen LogP contribution in [0.5, 0.6) is 5.75 Å². The third-order valence-corrected chi connectivity index (χ3v) is 4.42. The summed E-state index contributed by atoms with van der Waals surface area (Å²) in [6, 6.07) is 16.9. The van der Waals surface area contributed by atoms with Crippen LogP contribution in [0.1, 0.15) is 17.5 Å². The fourth-order valence-corrected chi connectivity index (χ4v) is 3.07. The highest BCUT2D eigenvalue weighted by Crippen LogP contribution is 2.22. The van der Waals surface area contributed by atoms with Crippen LogP contribution in [0.25, 0.3) is 0 Å². The van der Waals surface area contributed by atoms with E-state index >= 15 is 0 Å². The number of nitriles is 1. The molecule has 124 valence electrons. The standard InChI is InChI=1S/C19H19ClN2O2/c20-16-4-6-17(7-5-16)24-19-8-9-22(13-18(19)23)12-15-3-1-2-14(10-15)11-21/h1-7,10,18-19,23H,8-9,12-13H2/t18-,19-/m1/s1. The molecule has 1 heterocycles. The molecule has 0 aromatic heterocycles. The van der Waals surface area contributed by atoms with Crippen molar-refractivity contribution in [1.29, 1.82) is 5.26 Å². The van der Waals surface area contributed by atoms with E-state index in [9.17, 15) is 5.11 Å². The van der Waals surface area contributed by atoms with Crippen LogP contribution < -0.4 is 4.74 Å². The molecule has 4 nitrogen and oxygen atoms in total. The maximum atomic E-state index is 10.4. The molecule has 1 fully saturated rings. The van der Waals surface area contributed by atoms with Gasteiger partial charge in [-0.2, -0.15) is 5.26 Å². The lowest BCUT2D eigenvalue weighted by Gasteiger charge is -2.36. The first kappa shape index (κ1) is 16.8. The van der Waals surface area contributed by atoms with Crippen molar-refractivity contribution in [2.45, 2.75) is 25.2 Å². The van der Waals surface area contributed by atoms with Gasteiger partial charge in [0.05, 0.1) is 11.6 Å². The average Bonchev–Trinajstić information content (AvgIpc) is 2.59. The molecule has 2 aromatic rings. The van der Waals surface area contributed by atoms with Crippen LogP contribution in [0.3, 0.4) is 0 Å². The predicted molar refractivity (Wildman–Crippen MR) is 92.9 cm³/mol. The number of aliphatic hydroxyl groups excluding tert-OH is 1. The van der Waals surface area contributed by atoms with Gasteiger partial charge in [-0.3, -0.25) is 4.90 Å². The van der Waals surface area contributed by atoms with Crippen LogP contribution in [-0.4, -0.2) is 35.3 Å². The summed E-state index contributed by atoms with van der Waals surface area (Å²) in [7, 11) is 0. The molecule has 0 radical (unpaired) electrons. The molecule has 0 amide bonds. The summed E-state index contributed by atoms with van der Waals surface area (Å²) in [6.07, 6.45) is -0.0108. The van der Waals surface area contributed by atoms with Crippen molar-refractivity contribution in [2.24, 2.45) is 0 Å². The second-order valence-corrected chi connectivity index (χ2v) is 6.45. The van der Waals surface area contributed by atoms with Crippen LogP contribution in [0.15, 0.2) is 48.5 Å². The van der Waals surface area contributed by atoms with E-state index in [1.807, 2.05) is 30.3 Å². The van der Waals surface area contributed by atoms with Crippen LogP contribution in [0, 0.1) is 11.3 Å². The minimum Gasteiger partial charge on any atom is -0.488 e. The lowest BCUT2D eigenvalue weighted by molar-refractivity contribution is -0.0274. The summed E-state index contributed by atoms with van der Waals surface area (Å²) in [6.45, 7) is 2.11. The van der Waals surface area contributed by atoms with E-state index in [2.05, 4.69) is 11.0 Å². The summed E-state index contributed by atoms with van der Waals surface area (Å²) in [5.74, 6) is 0.721. The molecule has 0 spiro atoms. The smallest absolute Gasteiger partial charge is 0.127 e. The number of benzene rings is 2. The number of likely N-dealkylation sites (tertiary alicyclic amines) is 1. The van der Waals surface area contributed by atoms with Crippen molar-refractivity contribution in [3.05, 3.63) is 64.7 Å². The monoisotopic (exact) mass is 342 g/mol. The molecule has 1 N–H and O–H groups in total. The van der Waals surface area contributed by atoms with Crippen LogP contribution in [-0.2, 0) is 6.54 Å². The van der Waals surface area contributed by atoms with Crippen molar-refractivity contribution in [2.75, 3.05) is 13.1 Å². The molecular weight excluding hydrogens is 324 g/mol. The quantitative estimate of drug-likeness (QED) is 0.926. The van der Waals surface area contributed by atoms with Crippen molar-refractivity contribution in [1.82, 2.24) is 4.90 Å². The topological polar surface area (TPSA) is 56.5 Å². The first-order valence-corrected chi connectivity index (χ1v) is 8.33. The van der Waals surface area contributed by atoms with Crippen molar-refractivity contribution >= 4 is 11.6 Å². The molecule has 0 unspecified atom stereocenters. The van der Waals surface area contributed by atoms with E-state index in [0.717, 1.165) is 30.8 Å². The average molecular weight is 343 g/mol. The zero-order valence-electron chi connectivity index (χ0n) is 13.2.